The average molecular weight is 391 g/mol. The van der Waals surface area contributed by atoms with E-state index in [0.29, 0.717) is 17.3 Å². The molecule has 0 radical (unpaired) electrons. The summed E-state index contributed by atoms with van der Waals surface area (Å²) < 4.78 is 11.6. The lowest BCUT2D eigenvalue weighted by molar-refractivity contribution is -0.142. The number of halogens is 1. The molecular formula is C18H19ClN4O4. The Bertz CT molecular complexity index is 803. The lowest BCUT2D eigenvalue weighted by atomic mass is 9.97. The number of benzene rings is 1. The Morgan fingerprint density at radius 2 is 1.96 bits per heavy atom. The summed E-state index contributed by atoms with van der Waals surface area (Å²) >= 11 is 5.87. The Morgan fingerprint density at radius 1 is 1.26 bits per heavy atom. The molecule has 8 nitrogen and oxygen atoms in total. The first-order chi connectivity index (χ1) is 13.0. The number of carbonyl (C=O) groups is 2. The van der Waals surface area contributed by atoms with Crippen LogP contribution in [-0.4, -0.2) is 58.6 Å². The van der Waals surface area contributed by atoms with Crippen molar-refractivity contribution >= 4 is 23.4 Å². The lowest BCUT2D eigenvalue weighted by Crippen LogP contribution is -2.58. The third-order valence-corrected chi connectivity index (χ3v) is 4.36. The van der Waals surface area contributed by atoms with Crippen molar-refractivity contribution in [3.8, 4) is 5.75 Å². The first-order valence-corrected chi connectivity index (χ1v) is 8.72. The van der Waals surface area contributed by atoms with Crippen LogP contribution in [0.3, 0.4) is 0 Å². The summed E-state index contributed by atoms with van der Waals surface area (Å²) in [6.07, 6.45) is 2.92. The topological polar surface area (TPSA) is 108 Å². The number of primary amides is 1. The van der Waals surface area contributed by atoms with Crippen LogP contribution in [0.25, 0.3) is 0 Å². The SMILES string of the molecule is NC(=O)C[C@]1(COc2ccc(Cl)cc2)CN(C(=O)c2ncccn2)CCO1. The minimum absolute atomic E-state index is 0.0526. The van der Waals surface area contributed by atoms with Gasteiger partial charge in [-0.15, -0.1) is 0 Å². The van der Waals surface area contributed by atoms with Crippen molar-refractivity contribution in [1.29, 1.82) is 0 Å². The molecule has 1 saturated heterocycles. The number of ether oxygens (including phenoxy) is 2. The molecule has 1 aliphatic rings. The number of aromatic nitrogens is 2. The predicted octanol–water partition coefficient (Wildman–Crippen LogP) is 1.30. The summed E-state index contributed by atoms with van der Waals surface area (Å²) in [5.74, 6) is -0.216. The minimum atomic E-state index is -1.05. The first kappa shape index (κ1) is 19.1. The van der Waals surface area contributed by atoms with Crippen LogP contribution in [0.15, 0.2) is 42.7 Å². The van der Waals surface area contributed by atoms with Crippen LogP contribution in [-0.2, 0) is 9.53 Å². The van der Waals surface area contributed by atoms with E-state index in [1.807, 2.05) is 0 Å². The van der Waals surface area contributed by atoms with E-state index in [1.54, 1.807) is 35.2 Å². The second-order valence-corrected chi connectivity index (χ2v) is 6.65. The van der Waals surface area contributed by atoms with E-state index in [9.17, 15) is 9.59 Å². The molecule has 142 valence electrons. The quantitative estimate of drug-likeness (QED) is 0.796. The normalized spacial score (nSPS) is 19.5. The molecule has 2 N–H and O–H groups in total. The average Bonchev–Trinajstić information content (AvgIpc) is 2.67. The number of nitrogens with zero attached hydrogens (tertiary/aromatic N) is 3. The third-order valence-electron chi connectivity index (χ3n) is 4.10. The molecule has 27 heavy (non-hydrogen) atoms. The monoisotopic (exact) mass is 390 g/mol. The van der Waals surface area contributed by atoms with Gasteiger partial charge in [0.05, 0.1) is 19.6 Å². The van der Waals surface area contributed by atoms with E-state index in [-0.39, 0.29) is 37.9 Å². The van der Waals surface area contributed by atoms with Gasteiger partial charge in [0.25, 0.3) is 5.91 Å². The van der Waals surface area contributed by atoms with Gasteiger partial charge in [0.1, 0.15) is 18.0 Å². The number of nitrogens with two attached hydrogens (primary N) is 1. The summed E-state index contributed by atoms with van der Waals surface area (Å²) in [5.41, 5.74) is 4.36. The highest BCUT2D eigenvalue weighted by molar-refractivity contribution is 6.30. The molecule has 2 heterocycles. The molecule has 1 fully saturated rings. The number of rotatable bonds is 6. The van der Waals surface area contributed by atoms with Gasteiger partial charge in [-0.25, -0.2) is 9.97 Å². The Morgan fingerprint density at radius 3 is 2.63 bits per heavy atom. The smallest absolute Gasteiger partial charge is 0.291 e. The largest absolute Gasteiger partial charge is 0.490 e. The Balaban J connectivity index is 1.75. The maximum absolute atomic E-state index is 12.7. The number of hydrogen-bond donors (Lipinski definition) is 1. The maximum atomic E-state index is 12.7. The zero-order valence-corrected chi connectivity index (χ0v) is 15.3. The molecule has 0 spiro atoms. The molecular weight excluding hydrogens is 372 g/mol. The summed E-state index contributed by atoms with van der Waals surface area (Å²) in [4.78, 5) is 33.8. The van der Waals surface area contributed by atoms with Crippen molar-refractivity contribution in [3.63, 3.8) is 0 Å². The maximum Gasteiger partial charge on any atom is 0.291 e. The highest BCUT2D eigenvalue weighted by atomic mass is 35.5. The van der Waals surface area contributed by atoms with Crippen LogP contribution in [0, 0.1) is 0 Å². The minimum Gasteiger partial charge on any atom is -0.490 e. The Kier molecular flexibility index (Phi) is 5.88. The van der Waals surface area contributed by atoms with E-state index >= 15 is 0 Å². The van der Waals surface area contributed by atoms with Gasteiger partial charge in [0.2, 0.25) is 11.7 Å². The third kappa shape index (κ3) is 4.93. The molecule has 3 rings (SSSR count). The van der Waals surface area contributed by atoms with Gasteiger partial charge in [0.15, 0.2) is 0 Å². The predicted molar refractivity (Wildman–Crippen MR) is 97.4 cm³/mol. The van der Waals surface area contributed by atoms with Crippen molar-refractivity contribution in [2.45, 2.75) is 12.0 Å². The number of hydrogen-bond acceptors (Lipinski definition) is 6. The van der Waals surface area contributed by atoms with Crippen molar-refractivity contribution in [1.82, 2.24) is 14.9 Å². The van der Waals surface area contributed by atoms with Gasteiger partial charge in [-0.1, -0.05) is 11.6 Å². The van der Waals surface area contributed by atoms with Crippen molar-refractivity contribution < 1.29 is 19.1 Å². The highest BCUT2D eigenvalue weighted by Gasteiger charge is 2.41. The van der Waals surface area contributed by atoms with Gasteiger partial charge < -0.3 is 20.1 Å². The van der Waals surface area contributed by atoms with Gasteiger partial charge in [-0.3, -0.25) is 9.59 Å². The second kappa shape index (κ2) is 8.32. The summed E-state index contributed by atoms with van der Waals surface area (Å²) in [6.45, 7) is 0.798. The van der Waals surface area contributed by atoms with E-state index in [1.165, 1.54) is 12.4 Å². The number of morpholine rings is 1. The summed E-state index contributed by atoms with van der Waals surface area (Å²) in [6, 6.07) is 8.45. The van der Waals surface area contributed by atoms with Crippen LogP contribution in [0.1, 0.15) is 17.0 Å². The molecule has 1 aromatic heterocycles. The van der Waals surface area contributed by atoms with Crippen molar-refractivity contribution in [2.75, 3.05) is 26.3 Å². The van der Waals surface area contributed by atoms with E-state index < -0.39 is 11.5 Å². The van der Waals surface area contributed by atoms with Crippen molar-refractivity contribution in [2.24, 2.45) is 5.73 Å². The van der Waals surface area contributed by atoms with Crippen LogP contribution >= 0.6 is 11.6 Å². The Labute approximate surface area is 161 Å². The lowest BCUT2D eigenvalue weighted by Gasteiger charge is -2.41. The van der Waals surface area contributed by atoms with Gasteiger partial charge in [-0.05, 0) is 30.3 Å². The Hall–Kier alpha value is -2.71. The molecule has 0 bridgehead atoms. The van der Waals surface area contributed by atoms with Gasteiger partial charge in [-0.2, -0.15) is 0 Å². The van der Waals surface area contributed by atoms with E-state index in [0.717, 1.165) is 0 Å². The molecule has 1 aliphatic heterocycles. The van der Waals surface area contributed by atoms with Crippen LogP contribution in [0.5, 0.6) is 5.75 Å². The summed E-state index contributed by atoms with van der Waals surface area (Å²) in [5, 5.41) is 0.586. The van der Waals surface area contributed by atoms with Crippen LogP contribution < -0.4 is 10.5 Å². The van der Waals surface area contributed by atoms with Crippen LogP contribution in [0.4, 0.5) is 0 Å². The molecule has 1 atom stereocenters. The number of carbonyl (C=O) groups excluding carboxylic acids is 2. The molecule has 2 amide bonds. The van der Waals surface area contributed by atoms with E-state index in [2.05, 4.69) is 9.97 Å². The zero-order valence-electron chi connectivity index (χ0n) is 14.5. The second-order valence-electron chi connectivity index (χ2n) is 6.22. The fourth-order valence-electron chi connectivity index (χ4n) is 2.88. The highest BCUT2D eigenvalue weighted by Crippen LogP contribution is 2.25. The molecule has 2 aromatic rings. The fourth-order valence-corrected chi connectivity index (χ4v) is 3.00. The summed E-state index contributed by atoms with van der Waals surface area (Å²) in [7, 11) is 0. The standard InChI is InChI=1S/C18H19ClN4O4/c19-13-2-4-14(5-3-13)26-12-18(10-15(20)24)11-23(8-9-27-18)17(25)16-21-6-1-7-22-16/h1-7H,8-12H2,(H2,20,24)/t18-/m1/s1. The van der Waals surface area contributed by atoms with Gasteiger partial charge >= 0.3 is 0 Å². The first-order valence-electron chi connectivity index (χ1n) is 8.34. The molecule has 9 heteroatoms. The van der Waals surface area contributed by atoms with Gasteiger partial charge in [0, 0.05) is 24.0 Å². The van der Waals surface area contributed by atoms with Crippen LogP contribution in [0.2, 0.25) is 5.02 Å². The number of amides is 2. The molecule has 1 aromatic carbocycles. The molecule has 0 aliphatic carbocycles. The zero-order chi connectivity index (χ0) is 19.3. The molecule has 0 unspecified atom stereocenters. The van der Waals surface area contributed by atoms with E-state index in [4.69, 9.17) is 26.8 Å². The van der Waals surface area contributed by atoms with Crippen molar-refractivity contribution in [3.05, 3.63) is 53.6 Å². The molecule has 0 saturated carbocycles. The fraction of sp³-hybridized carbons (Fsp3) is 0.333.